The van der Waals surface area contributed by atoms with Gasteiger partial charge in [0.1, 0.15) is 0 Å². The van der Waals surface area contributed by atoms with E-state index in [0.717, 1.165) is 64.2 Å². The van der Waals surface area contributed by atoms with Crippen molar-refractivity contribution in [3.05, 3.63) is 36.5 Å². The topological polar surface area (TPSA) is 95.9 Å². The van der Waals surface area contributed by atoms with Crippen molar-refractivity contribution >= 4 is 11.9 Å². The number of rotatable bonds is 52. The summed E-state index contributed by atoms with van der Waals surface area (Å²) < 4.78 is 5.44. The number of hydrogen-bond acceptors (Lipinski definition) is 5. The molecule has 0 aromatic heterocycles. The molecule has 0 spiro atoms. The quantitative estimate of drug-likeness (QED) is 0.0321. The molecule has 0 aromatic carbocycles. The largest absolute Gasteiger partial charge is 0.466 e. The average molecular weight is 901 g/mol. The molecule has 0 saturated heterocycles. The van der Waals surface area contributed by atoms with E-state index in [1.165, 1.54) is 205 Å². The number of esters is 1. The zero-order chi connectivity index (χ0) is 46.5. The lowest BCUT2D eigenvalue weighted by molar-refractivity contribution is -0.143. The van der Waals surface area contributed by atoms with Gasteiger partial charge < -0.3 is 20.3 Å². The molecule has 376 valence electrons. The Bertz CT molecular complexity index is 1040. The fourth-order valence-corrected chi connectivity index (χ4v) is 8.49. The maximum absolute atomic E-state index is 12.5. The number of hydrogen-bond donors (Lipinski definition) is 3. The fraction of sp³-hybridized carbons (Fsp3) is 0.862. The standard InChI is InChI=1S/C58H109NO5/c1-3-5-7-9-11-13-15-16-17-18-19-20-21-24-27-31-34-38-42-46-50-56(61)55(54-60)59-57(62)51-47-43-39-35-32-28-25-22-23-26-29-33-37-41-45-49-53-64-58(63)52-48-44-40-36-30-14-12-10-8-6-4-2/h10,12,22,25,46,50,55-56,60-61H,3-9,11,13-21,23-24,26-45,47-49,51-54H2,1-2H3,(H,59,62)/b12-10-,25-22-,50-46+. The van der Waals surface area contributed by atoms with Crippen LogP contribution in [0.4, 0.5) is 0 Å². The number of aliphatic hydroxyl groups is 2. The fourth-order valence-electron chi connectivity index (χ4n) is 8.49. The molecule has 0 fully saturated rings. The second kappa shape index (κ2) is 53.7. The molecule has 0 bridgehead atoms. The van der Waals surface area contributed by atoms with Gasteiger partial charge in [0, 0.05) is 12.8 Å². The van der Waals surface area contributed by atoms with Crippen LogP contribution in [0.5, 0.6) is 0 Å². The lowest BCUT2D eigenvalue weighted by atomic mass is 10.0. The normalized spacial score (nSPS) is 12.9. The summed E-state index contributed by atoms with van der Waals surface area (Å²) in [6, 6.07) is -0.641. The van der Waals surface area contributed by atoms with Crippen molar-refractivity contribution < 1.29 is 24.5 Å². The Morgan fingerprint density at radius 3 is 1.16 bits per heavy atom. The van der Waals surface area contributed by atoms with Gasteiger partial charge >= 0.3 is 5.97 Å². The first-order valence-electron chi connectivity index (χ1n) is 28.3. The molecule has 1 amide bonds. The summed E-state index contributed by atoms with van der Waals surface area (Å²) in [6.07, 6.45) is 65.9. The van der Waals surface area contributed by atoms with Gasteiger partial charge in [-0.15, -0.1) is 0 Å². The molecule has 0 heterocycles. The van der Waals surface area contributed by atoms with Crippen LogP contribution in [-0.2, 0) is 14.3 Å². The minimum atomic E-state index is -0.856. The highest BCUT2D eigenvalue weighted by Gasteiger charge is 2.18. The van der Waals surface area contributed by atoms with Gasteiger partial charge in [0.05, 0.1) is 25.4 Å². The first-order valence-corrected chi connectivity index (χ1v) is 28.3. The summed E-state index contributed by atoms with van der Waals surface area (Å²) in [7, 11) is 0. The highest BCUT2D eigenvalue weighted by Crippen LogP contribution is 2.16. The number of nitrogens with one attached hydrogen (secondary N) is 1. The first kappa shape index (κ1) is 62.1. The number of allylic oxidation sites excluding steroid dienone is 5. The number of aliphatic hydroxyl groups excluding tert-OH is 2. The van der Waals surface area contributed by atoms with E-state index in [2.05, 4.69) is 43.5 Å². The van der Waals surface area contributed by atoms with Gasteiger partial charge in [-0.2, -0.15) is 0 Å². The summed E-state index contributed by atoms with van der Waals surface area (Å²) in [4.78, 5) is 24.4. The molecule has 6 heteroatoms. The molecule has 2 unspecified atom stereocenters. The van der Waals surface area contributed by atoms with E-state index >= 15 is 0 Å². The van der Waals surface area contributed by atoms with E-state index in [9.17, 15) is 19.8 Å². The van der Waals surface area contributed by atoms with Gasteiger partial charge in [-0.3, -0.25) is 9.59 Å². The minimum absolute atomic E-state index is 0.0151. The summed E-state index contributed by atoms with van der Waals surface area (Å²) in [5, 5.41) is 23.1. The van der Waals surface area contributed by atoms with Crippen LogP contribution >= 0.6 is 0 Å². The smallest absolute Gasteiger partial charge is 0.305 e. The Kier molecular flexibility index (Phi) is 52.1. The third-order valence-corrected chi connectivity index (χ3v) is 12.9. The molecule has 0 saturated carbocycles. The summed E-state index contributed by atoms with van der Waals surface area (Å²) >= 11 is 0. The summed E-state index contributed by atoms with van der Waals surface area (Å²) in [6.45, 7) is 4.85. The molecule has 2 atom stereocenters. The van der Waals surface area contributed by atoms with Crippen molar-refractivity contribution in [2.75, 3.05) is 13.2 Å². The van der Waals surface area contributed by atoms with Gasteiger partial charge in [-0.1, -0.05) is 243 Å². The average Bonchev–Trinajstić information content (AvgIpc) is 3.29. The van der Waals surface area contributed by atoms with Gasteiger partial charge in [-0.05, 0) is 77.0 Å². The summed E-state index contributed by atoms with van der Waals surface area (Å²) in [5.74, 6) is -0.0990. The molecule has 0 aliphatic carbocycles. The Labute approximate surface area is 398 Å². The maximum Gasteiger partial charge on any atom is 0.305 e. The zero-order valence-corrected chi connectivity index (χ0v) is 42.8. The lowest BCUT2D eigenvalue weighted by Crippen LogP contribution is -2.45. The number of carbonyl (C=O) groups is 2. The van der Waals surface area contributed by atoms with Crippen molar-refractivity contribution in [1.82, 2.24) is 5.32 Å². The van der Waals surface area contributed by atoms with E-state index in [4.69, 9.17) is 4.74 Å². The van der Waals surface area contributed by atoms with Crippen LogP contribution in [0.3, 0.4) is 0 Å². The van der Waals surface area contributed by atoms with Crippen molar-refractivity contribution in [2.24, 2.45) is 0 Å². The third kappa shape index (κ3) is 49.5. The van der Waals surface area contributed by atoms with Crippen molar-refractivity contribution in [3.8, 4) is 0 Å². The number of unbranched alkanes of at least 4 members (excludes halogenated alkanes) is 37. The third-order valence-electron chi connectivity index (χ3n) is 12.9. The maximum atomic E-state index is 12.5. The van der Waals surface area contributed by atoms with E-state index in [-0.39, 0.29) is 18.5 Å². The second-order valence-corrected chi connectivity index (χ2v) is 19.3. The Morgan fingerprint density at radius 2 is 0.750 bits per heavy atom. The van der Waals surface area contributed by atoms with Gasteiger partial charge in [0.15, 0.2) is 0 Å². The Balaban J connectivity index is 3.52. The zero-order valence-electron chi connectivity index (χ0n) is 42.8. The van der Waals surface area contributed by atoms with Crippen LogP contribution in [0.25, 0.3) is 0 Å². The molecular formula is C58H109NO5. The Hall–Kier alpha value is -1.92. The van der Waals surface area contributed by atoms with Crippen LogP contribution in [0.1, 0.15) is 296 Å². The van der Waals surface area contributed by atoms with E-state index in [0.29, 0.717) is 19.4 Å². The van der Waals surface area contributed by atoms with Crippen LogP contribution in [0.15, 0.2) is 36.5 Å². The van der Waals surface area contributed by atoms with Crippen LogP contribution < -0.4 is 5.32 Å². The highest BCUT2D eigenvalue weighted by atomic mass is 16.5. The van der Waals surface area contributed by atoms with Gasteiger partial charge in [0.2, 0.25) is 5.91 Å². The summed E-state index contributed by atoms with van der Waals surface area (Å²) in [5.41, 5.74) is 0. The van der Waals surface area contributed by atoms with Crippen molar-refractivity contribution in [3.63, 3.8) is 0 Å². The van der Waals surface area contributed by atoms with Crippen molar-refractivity contribution in [2.45, 2.75) is 309 Å². The van der Waals surface area contributed by atoms with E-state index in [1.807, 2.05) is 6.08 Å². The molecule has 0 radical (unpaired) electrons. The number of ether oxygens (including phenoxy) is 1. The highest BCUT2D eigenvalue weighted by molar-refractivity contribution is 5.76. The van der Waals surface area contributed by atoms with Crippen LogP contribution in [-0.4, -0.2) is 47.4 Å². The predicted molar refractivity (Wildman–Crippen MR) is 278 cm³/mol. The molecule has 0 rings (SSSR count). The SMILES string of the molecule is CCCC/C=C\CCCCCCCC(=O)OCCCCCCCCC/C=C\CCCCCCCC(=O)NC(CO)C(O)/C=C/CCCCCCCCCCCCCCCCCCCC. The Morgan fingerprint density at radius 1 is 0.422 bits per heavy atom. The predicted octanol–water partition coefficient (Wildman–Crippen LogP) is 17.2. The minimum Gasteiger partial charge on any atom is -0.466 e. The molecule has 6 nitrogen and oxygen atoms in total. The monoisotopic (exact) mass is 900 g/mol. The molecule has 0 aliphatic rings. The van der Waals surface area contributed by atoms with Gasteiger partial charge in [-0.25, -0.2) is 0 Å². The van der Waals surface area contributed by atoms with E-state index in [1.54, 1.807) is 6.08 Å². The van der Waals surface area contributed by atoms with Crippen LogP contribution in [0, 0.1) is 0 Å². The lowest BCUT2D eigenvalue weighted by Gasteiger charge is -2.20. The molecule has 0 aliphatic heterocycles. The van der Waals surface area contributed by atoms with Crippen molar-refractivity contribution in [1.29, 1.82) is 0 Å². The number of carbonyl (C=O) groups excluding carboxylic acids is 2. The first-order chi connectivity index (χ1) is 31.5. The van der Waals surface area contributed by atoms with Gasteiger partial charge in [0.25, 0.3) is 0 Å². The molecule has 3 N–H and O–H groups in total. The van der Waals surface area contributed by atoms with Crippen LogP contribution in [0.2, 0.25) is 0 Å². The molecule has 64 heavy (non-hydrogen) atoms. The van der Waals surface area contributed by atoms with E-state index < -0.39 is 12.1 Å². The molecule has 0 aromatic rings. The molecular weight excluding hydrogens is 791 g/mol. The number of amides is 1. The second-order valence-electron chi connectivity index (χ2n) is 19.3.